The van der Waals surface area contributed by atoms with Gasteiger partial charge in [0.05, 0.1) is 11.3 Å². The van der Waals surface area contributed by atoms with Crippen LogP contribution >= 0.6 is 11.3 Å². The minimum Gasteiger partial charge on any atom is -0.422 e. The standard InChI is InChI=1S/C19H17NO2S/c1-20(2)17-14-8-9-15-13(10-11-23-15)18(14)22-19(21)16(17)12-6-4-3-5-7-12/h3-7,10-11H,8-9H2,1-2H3. The lowest BCUT2D eigenvalue weighted by molar-refractivity contribution is 0.518. The van der Waals surface area contributed by atoms with Crippen LogP contribution in [-0.4, -0.2) is 14.1 Å². The van der Waals surface area contributed by atoms with Crippen LogP contribution in [0.3, 0.4) is 0 Å². The topological polar surface area (TPSA) is 33.5 Å². The molecule has 4 rings (SSSR count). The SMILES string of the molecule is CN(C)c1c2c(oc(=O)c1-c1ccccc1)-c1ccsc1CC2. The molecule has 1 aromatic carbocycles. The molecule has 1 aliphatic carbocycles. The van der Waals surface area contributed by atoms with Gasteiger partial charge in [-0.2, -0.15) is 0 Å². The van der Waals surface area contributed by atoms with Crippen LogP contribution in [-0.2, 0) is 12.8 Å². The first-order valence-corrected chi connectivity index (χ1v) is 8.54. The van der Waals surface area contributed by atoms with Crippen LogP contribution in [0.25, 0.3) is 22.5 Å². The molecule has 0 saturated carbocycles. The third-order valence-corrected chi connectivity index (χ3v) is 5.28. The van der Waals surface area contributed by atoms with Gasteiger partial charge in [0, 0.05) is 30.1 Å². The van der Waals surface area contributed by atoms with E-state index in [1.807, 2.05) is 49.3 Å². The smallest absolute Gasteiger partial charge is 0.346 e. The summed E-state index contributed by atoms with van der Waals surface area (Å²) in [6.07, 6.45) is 1.91. The fraction of sp³-hybridized carbons (Fsp3) is 0.211. The van der Waals surface area contributed by atoms with Crippen LogP contribution in [0.1, 0.15) is 10.4 Å². The van der Waals surface area contributed by atoms with E-state index in [4.69, 9.17) is 4.42 Å². The summed E-state index contributed by atoms with van der Waals surface area (Å²) in [5.41, 5.74) is 4.50. The van der Waals surface area contributed by atoms with Crippen molar-refractivity contribution in [3.8, 4) is 22.5 Å². The number of nitrogens with zero attached hydrogens (tertiary/aromatic N) is 1. The Kier molecular flexibility index (Phi) is 3.34. The number of thiophene rings is 1. The second-order valence-electron chi connectivity index (χ2n) is 5.94. The zero-order chi connectivity index (χ0) is 16.0. The maximum absolute atomic E-state index is 12.8. The molecule has 2 heterocycles. The lowest BCUT2D eigenvalue weighted by atomic mass is 9.91. The molecule has 1 aliphatic rings. The van der Waals surface area contributed by atoms with E-state index in [-0.39, 0.29) is 5.63 Å². The molecule has 0 amide bonds. The van der Waals surface area contributed by atoms with Gasteiger partial charge in [0.15, 0.2) is 0 Å². The molecule has 0 unspecified atom stereocenters. The second-order valence-corrected chi connectivity index (χ2v) is 6.94. The number of benzene rings is 1. The minimum absolute atomic E-state index is 0.266. The van der Waals surface area contributed by atoms with Crippen molar-refractivity contribution in [3.63, 3.8) is 0 Å². The predicted octanol–water partition coefficient (Wildman–Crippen LogP) is 4.20. The second kappa shape index (κ2) is 5.39. The summed E-state index contributed by atoms with van der Waals surface area (Å²) in [6.45, 7) is 0. The molecule has 0 fully saturated rings. The maximum Gasteiger partial charge on any atom is 0.346 e. The van der Waals surface area contributed by atoms with Crippen LogP contribution in [0.2, 0.25) is 0 Å². The van der Waals surface area contributed by atoms with Gasteiger partial charge in [-0.25, -0.2) is 4.79 Å². The summed E-state index contributed by atoms with van der Waals surface area (Å²) < 4.78 is 5.79. The third kappa shape index (κ3) is 2.21. The quantitative estimate of drug-likeness (QED) is 0.709. The number of rotatable bonds is 2. The maximum atomic E-state index is 12.8. The van der Waals surface area contributed by atoms with Crippen molar-refractivity contribution in [1.82, 2.24) is 0 Å². The Morgan fingerprint density at radius 3 is 2.61 bits per heavy atom. The molecule has 3 nitrogen and oxygen atoms in total. The normalized spacial score (nSPS) is 12.6. The monoisotopic (exact) mass is 323 g/mol. The molecule has 0 spiro atoms. The summed E-state index contributed by atoms with van der Waals surface area (Å²) in [5.74, 6) is 0.751. The molecule has 116 valence electrons. The fourth-order valence-corrected chi connectivity index (χ4v) is 4.21. The Bertz CT molecular complexity index is 922. The Labute approximate surface area is 138 Å². The van der Waals surface area contributed by atoms with Gasteiger partial charge in [0.25, 0.3) is 0 Å². The molecule has 4 heteroatoms. The van der Waals surface area contributed by atoms with E-state index >= 15 is 0 Å². The summed E-state index contributed by atoms with van der Waals surface area (Å²) in [4.78, 5) is 16.1. The van der Waals surface area contributed by atoms with E-state index in [1.165, 1.54) is 4.88 Å². The third-order valence-electron chi connectivity index (χ3n) is 4.30. The van der Waals surface area contributed by atoms with Crippen molar-refractivity contribution >= 4 is 17.0 Å². The first-order chi connectivity index (χ1) is 11.2. The molecule has 2 aromatic heterocycles. The van der Waals surface area contributed by atoms with Gasteiger partial charge >= 0.3 is 5.63 Å². The van der Waals surface area contributed by atoms with Crippen molar-refractivity contribution in [3.05, 3.63) is 62.6 Å². The van der Waals surface area contributed by atoms with Gasteiger partial charge in [-0.15, -0.1) is 11.3 Å². The van der Waals surface area contributed by atoms with Crippen LogP contribution in [0, 0.1) is 0 Å². The summed E-state index contributed by atoms with van der Waals surface area (Å²) in [5, 5.41) is 2.07. The molecular weight excluding hydrogens is 306 g/mol. The summed E-state index contributed by atoms with van der Waals surface area (Å²) in [6, 6.07) is 11.8. The predicted molar refractivity (Wildman–Crippen MR) is 95.5 cm³/mol. The molecule has 0 radical (unpaired) electrons. The first kappa shape index (κ1) is 14.3. The highest BCUT2D eigenvalue weighted by atomic mass is 32.1. The minimum atomic E-state index is -0.266. The largest absolute Gasteiger partial charge is 0.422 e. The van der Waals surface area contributed by atoms with Gasteiger partial charge in [-0.3, -0.25) is 0 Å². The van der Waals surface area contributed by atoms with E-state index in [9.17, 15) is 4.79 Å². The molecule has 0 saturated heterocycles. The van der Waals surface area contributed by atoms with E-state index in [0.29, 0.717) is 5.56 Å². The van der Waals surface area contributed by atoms with Gasteiger partial charge in [0.2, 0.25) is 0 Å². The summed E-state index contributed by atoms with van der Waals surface area (Å²) in [7, 11) is 3.98. The molecular formula is C19H17NO2S. The lowest BCUT2D eigenvalue weighted by Gasteiger charge is -2.25. The number of anilines is 1. The van der Waals surface area contributed by atoms with E-state index in [2.05, 4.69) is 11.4 Å². The van der Waals surface area contributed by atoms with Crippen molar-refractivity contribution in [2.75, 3.05) is 19.0 Å². The van der Waals surface area contributed by atoms with Gasteiger partial charge < -0.3 is 9.32 Å². The number of fused-ring (bicyclic) bond motifs is 3. The molecule has 23 heavy (non-hydrogen) atoms. The van der Waals surface area contributed by atoms with Gasteiger partial charge in [-0.1, -0.05) is 30.3 Å². The Balaban J connectivity index is 2.06. The van der Waals surface area contributed by atoms with Crippen molar-refractivity contribution < 1.29 is 4.42 Å². The molecule has 0 atom stereocenters. The molecule has 0 N–H and O–H groups in total. The van der Waals surface area contributed by atoms with Crippen LogP contribution in [0.5, 0.6) is 0 Å². The number of aryl methyl sites for hydroxylation is 1. The van der Waals surface area contributed by atoms with E-state index in [0.717, 1.165) is 41.0 Å². The Morgan fingerprint density at radius 1 is 1.09 bits per heavy atom. The highest BCUT2D eigenvalue weighted by molar-refractivity contribution is 7.10. The highest BCUT2D eigenvalue weighted by Crippen LogP contribution is 2.42. The Morgan fingerprint density at radius 2 is 1.87 bits per heavy atom. The number of hydrogen-bond acceptors (Lipinski definition) is 4. The Hall–Kier alpha value is -2.33. The van der Waals surface area contributed by atoms with Crippen LogP contribution in [0.15, 0.2) is 51.0 Å². The number of hydrogen-bond donors (Lipinski definition) is 0. The zero-order valence-electron chi connectivity index (χ0n) is 13.1. The van der Waals surface area contributed by atoms with Crippen molar-refractivity contribution in [2.45, 2.75) is 12.8 Å². The molecule has 0 bridgehead atoms. The zero-order valence-corrected chi connectivity index (χ0v) is 13.9. The van der Waals surface area contributed by atoms with Gasteiger partial charge in [0.1, 0.15) is 5.76 Å². The summed E-state index contributed by atoms with van der Waals surface area (Å²) >= 11 is 1.73. The average molecular weight is 323 g/mol. The highest BCUT2D eigenvalue weighted by Gasteiger charge is 2.27. The van der Waals surface area contributed by atoms with E-state index in [1.54, 1.807) is 11.3 Å². The van der Waals surface area contributed by atoms with E-state index < -0.39 is 0 Å². The molecule has 0 aliphatic heterocycles. The first-order valence-electron chi connectivity index (χ1n) is 7.66. The lowest BCUT2D eigenvalue weighted by Crippen LogP contribution is -2.20. The van der Waals surface area contributed by atoms with Crippen LogP contribution in [0.4, 0.5) is 5.69 Å². The molecule has 3 aromatic rings. The van der Waals surface area contributed by atoms with Crippen LogP contribution < -0.4 is 10.5 Å². The van der Waals surface area contributed by atoms with Crippen molar-refractivity contribution in [1.29, 1.82) is 0 Å². The van der Waals surface area contributed by atoms with Gasteiger partial charge in [-0.05, 0) is 29.9 Å². The fourth-order valence-electron chi connectivity index (χ4n) is 3.34. The average Bonchev–Trinajstić information content (AvgIpc) is 3.03. The van der Waals surface area contributed by atoms with Crippen molar-refractivity contribution in [2.24, 2.45) is 0 Å².